The van der Waals surface area contributed by atoms with Gasteiger partial charge in [-0.3, -0.25) is 0 Å². The molecule has 0 amide bonds. The topological polar surface area (TPSA) is 28.7 Å². The van der Waals surface area contributed by atoms with E-state index < -0.39 is 0 Å². The summed E-state index contributed by atoms with van der Waals surface area (Å²) in [6, 6.07) is 0. The molecule has 1 heterocycles. The van der Waals surface area contributed by atoms with Crippen molar-refractivity contribution < 1.29 is 0 Å². The van der Waals surface area contributed by atoms with Crippen LogP contribution in [0.15, 0.2) is 56.2 Å². The van der Waals surface area contributed by atoms with Gasteiger partial charge in [-0.2, -0.15) is 0 Å². The Morgan fingerprint density at radius 3 is 2.50 bits per heavy atom. The zero-order chi connectivity index (χ0) is 13.4. The van der Waals surface area contributed by atoms with E-state index in [1.165, 1.54) is 0 Å². The van der Waals surface area contributed by atoms with Crippen LogP contribution in [0.5, 0.6) is 0 Å². The fourth-order valence-corrected chi connectivity index (χ4v) is 1.51. The Morgan fingerprint density at radius 2 is 1.94 bits per heavy atom. The van der Waals surface area contributed by atoms with Crippen LogP contribution in [0.1, 0.15) is 12.7 Å². The summed E-state index contributed by atoms with van der Waals surface area (Å²) < 4.78 is 0. The normalized spacial score (nSPS) is 14.2. The number of nitrogens with one attached hydrogen (secondary N) is 1. The average molecular weight is 238 g/mol. The molecule has 1 aromatic rings. The minimum atomic E-state index is 0.800. The lowest BCUT2D eigenvalue weighted by molar-refractivity contribution is 1.22. The summed E-state index contributed by atoms with van der Waals surface area (Å²) in [6.07, 6.45) is 14.7. The standard InChI is InChI=1S/C16H18N2/c1-5-9-12-13(10-6-2)16-17-14(8-4)15(18-16)11-7-3/h5-12H,1-3H2,4H3,(H,17,18)/b12-9-,13-10+,14-8+,15-11+. The molecule has 1 N–H and O–H groups in total. The monoisotopic (exact) mass is 238 g/mol. The highest BCUT2D eigenvalue weighted by Crippen LogP contribution is 2.08. The molecule has 0 radical (unpaired) electrons. The first-order valence-corrected chi connectivity index (χ1v) is 5.74. The second kappa shape index (κ2) is 7.07. The SMILES string of the molecule is C=C/C=C\C(=C/C=C)c1nc(=C/C)/c(=C\C=C)[nH]1. The van der Waals surface area contributed by atoms with Gasteiger partial charge in [-0.1, -0.05) is 62.3 Å². The maximum Gasteiger partial charge on any atom is 0.138 e. The second-order valence-corrected chi connectivity index (χ2v) is 3.53. The smallest absolute Gasteiger partial charge is 0.138 e. The minimum Gasteiger partial charge on any atom is -0.338 e. The summed E-state index contributed by atoms with van der Waals surface area (Å²) in [7, 11) is 0. The first kappa shape index (κ1) is 13.7. The van der Waals surface area contributed by atoms with Crippen LogP contribution in [0.25, 0.3) is 17.7 Å². The first-order valence-electron chi connectivity index (χ1n) is 5.74. The van der Waals surface area contributed by atoms with Gasteiger partial charge >= 0.3 is 0 Å². The van der Waals surface area contributed by atoms with Gasteiger partial charge in [0, 0.05) is 5.57 Å². The highest BCUT2D eigenvalue weighted by atomic mass is 14.9. The van der Waals surface area contributed by atoms with Crippen molar-refractivity contribution in [3.05, 3.63) is 72.7 Å². The number of aromatic nitrogens is 2. The van der Waals surface area contributed by atoms with Crippen LogP contribution in [0.2, 0.25) is 0 Å². The van der Waals surface area contributed by atoms with Crippen LogP contribution in [0, 0.1) is 0 Å². The van der Waals surface area contributed by atoms with Crippen molar-refractivity contribution in [1.29, 1.82) is 0 Å². The molecule has 0 saturated heterocycles. The number of H-pyrrole nitrogens is 1. The molecule has 0 saturated carbocycles. The van der Waals surface area contributed by atoms with E-state index >= 15 is 0 Å². The van der Waals surface area contributed by atoms with Crippen molar-refractivity contribution >= 4 is 17.7 Å². The molecular formula is C16H18N2. The molecule has 0 aliphatic carbocycles. The molecule has 2 heteroatoms. The molecule has 0 fully saturated rings. The van der Waals surface area contributed by atoms with Crippen molar-refractivity contribution in [2.45, 2.75) is 6.92 Å². The van der Waals surface area contributed by atoms with Crippen molar-refractivity contribution in [2.24, 2.45) is 0 Å². The third-order valence-corrected chi connectivity index (χ3v) is 2.30. The number of hydrogen-bond donors (Lipinski definition) is 1. The van der Waals surface area contributed by atoms with Gasteiger partial charge in [-0.25, -0.2) is 4.98 Å². The second-order valence-electron chi connectivity index (χ2n) is 3.53. The third kappa shape index (κ3) is 3.32. The Morgan fingerprint density at radius 1 is 1.17 bits per heavy atom. The van der Waals surface area contributed by atoms with Crippen LogP contribution in [0.3, 0.4) is 0 Å². The number of rotatable bonds is 5. The molecule has 1 rings (SSSR count). The van der Waals surface area contributed by atoms with Gasteiger partial charge in [-0.05, 0) is 13.0 Å². The van der Waals surface area contributed by atoms with Gasteiger partial charge in [0.05, 0.1) is 10.7 Å². The van der Waals surface area contributed by atoms with Crippen LogP contribution in [0.4, 0.5) is 0 Å². The Balaban J connectivity index is 3.40. The summed E-state index contributed by atoms with van der Waals surface area (Å²) in [6.45, 7) is 13.0. The molecule has 0 bridgehead atoms. The molecule has 0 aromatic carbocycles. The molecule has 0 atom stereocenters. The van der Waals surface area contributed by atoms with Gasteiger partial charge in [0.1, 0.15) is 5.82 Å². The van der Waals surface area contributed by atoms with Crippen LogP contribution >= 0.6 is 0 Å². The van der Waals surface area contributed by atoms with E-state index in [1.54, 1.807) is 18.2 Å². The van der Waals surface area contributed by atoms with Crippen molar-refractivity contribution in [1.82, 2.24) is 9.97 Å². The maximum atomic E-state index is 4.53. The average Bonchev–Trinajstić information content (AvgIpc) is 2.78. The van der Waals surface area contributed by atoms with Gasteiger partial charge in [-0.15, -0.1) is 0 Å². The number of allylic oxidation sites excluding steroid dienone is 7. The number of imidazole rings is 1. The largest absolute Gasteiger partial charge is 0.338 e. The number of aromatic amines is 1. The van der Waals surface area contributed by atoms with E-state index in [0.717, 1.165) is 22.1 Å². The summed E-state index contributed by atoms with van der Waals surface area (Å²) in [5, 5.41) is 1.86. The van der Waals surface area contributed by atoms with E-state index in [4.69, 9.17) is 0 Å². The fraction of sp³-hybridized carbons (Fsp3) is 0.0625. The maximum absolute atomic E-state index is 4.53. The van der Waals surface area contributed by atoms with Gasteiger partial charge in [0.2, 0.25) is 0 Å². The Kier molecular flexibility index (Phi) is 5.39. The predicted molar refractivity (Wildman–Crippen MR) is 80.1 cm³/mol. The van der Waals surface area contributed by atoms with Crippen molar-refractivity contribution in [3.63, 3.8) is 0 Å². The van der Waals surface area contributed by atoms with E-state index in [-0.39, 0.29) is 0 Å². The molecule has 18 heavy (non-hydrogen) atoms. The molecule has 0 aliphatic heterocycles. The lowest BCUT2D eigenvalue weighted by Gasteiger charge is -1.94. The van der Waals surface area contributed by atoms with Crippen LogP contribution < -0.4 is 10.7 Å². The molecular weight excluding hydrogens is 220 g/mol. The third-order valence-electron chi connectivity index (χ3n) is 2.30. The Bertz CT molecular complexity index is 610. The van der Waals surface area contributed by atoms with Gasteiger partial charge < -0.3 is 4.98 Å². The first-order chi connectivity index (χ1) is 8.76. The fourth-order valence-electron chi connectivity index (χ4n) is 1.51. The van der Waals surface area contributed by atoms with Gasteiger partial charge in [0.15, 0.2) is 0 Å². The van der Waals surface area contributed by atoms with E-state index in [9.17, 15) is 0 Å². The van der Waals surface area contributed by atoms with E-state index in [1.807, 2.05) is 37.3 Å². The zero-order valence-corrected chi connectivity index (χ0v) is 10.7. The van der Waals surface area contributed by atoms with Gasteiger partial charge in [0.25, 0.3) is 0 Å². The van der Waals surface area contributed by atoms with Crippen LogP contribution in [-0.2, 0) is 0 Å². The van der Waals surface area contributed by atoms with E-state index in [2.05, 4.69) is 29.7 Å². The summed E-state index contributed by atoms with van der Waals surface area (Å²) >= 11 is 0. The summed E-state index contributed by atoms with van der Waals surface area (Å²) in [5.74, 6) is 0.800. The Hall–Kier alpha value is -2.35. The van der Waals surface area contributed by atoms with Crippen LogP contribution in [-0.4, -0.2) is 9.97 Å². The molecule has 0 unspecified atom stereocenters. The highest BCUT2D eigenvalue weighted by molar-refractivity contribution is 5.71. The quantitative estimate of drug-likeness (QED) is 0.784. The highest BCUT2D eigenvalue weighted by Gasteiger charge is 2.01. The molecule has 2 nitrogen and oxygen atoms in total. The molecule has 1 aromatic heterocycles. The Labute approximate surface area is 108 Å². The van der Waals surface area contributed by atoms with Crippen molar-refractivity contribution in [2.75, 3.05) is 0 Å². The lowest BCUT2D eigenvalue weighted by Crippen LogP contribution is -2.23. The molecule has 92 valence electrons. The number of nitrogens with zero attached hydrogens (tertiary/aromatic N) is 1. The summed E-state index contributed by atoms with van der Waals surface area (Å²) in [5.41, 5.74) is 0.955. The number of hydrogen-bond acceptors (Lipinski definition) is 1. The molecule has 0 spiro atoms. The summed E-state index contributed by atoms with van der Waals surface area (Å²) in [4.78, 5) is 7.78. The molecule has 0 aliphatic rings. The van der Waals surface area contributed by atoms with E-state index in [0.29, 0.717) is 0 Å². The zero-order valence-electron chi connectivity index (χ0n) is 10.7. The minimum absolute atomic E-state index is 0.800. The lowest BCUT2D eigenvalue weighted by atomic mass is 10.2. The van der Waals surface area contributed by atoms with Crippen molar-refractivity contribution in [3.8, 4) is 0 Å². The predicted octanol–water partition coefficient (Wildman–Crippen LogP) is 2.49.